The molecule has 1 aliphatic heterocycles. The summed E-state index contributed by atoms with van der Waals surface area (Å²) < 4.78 is 44.9. The largest absolute Gasteiger partial charge is 0.434 e. The lowest BCUT2D eigenvalue weighted by Gasteiger charge is -2.35. The van der Waals surface area contributed by atoms with Crippen LogP contribution in [0.4, 0.5) is 23.8 Å². The molecule has 0 atom stereocenters. The molecule has 0 radical (unpaired) electrons. The molecule has 0 bridgehead atoms. The quantitative estimate of drug-likeness (QED) is 0.604. The van der Waals surface area contributed by atoms with E-state index in [1.165, 1.54) is 23.8 Å². The minimum Gasteiger partial charge on any atom is -0.390 e. The maximum atomic E-state index is 13.3. The second kappa shape index (κ2) is 9.95. The molecule has 2 fully saturated rings. The van der Waals surface area contributed by atoms with Gasteiger partial charge in [0.1, 0.15) is 0 Å². The number of piperazine rings is 1. The van der Waals surface area contributed by atoms with Gasteiger partial charge in [0.25, 0.3) is 5.91 Å². The maximum Gasteiger partial charge on any atom is 0.434 e. The second-order valence-corrected chi connectivity index (χ2v) is 8.29. The first-order chi connectivity index (χ1) is 16.2. The highest BCUT2D eigenvalue weighted by Crippen LogP contribution is 2.32. The number of nitrogens with zero attached hydrogens (tertiary/aromatic N) is 6. The first-order valence-electron chi connectivity index (χ1n) is 10.6. The fraction of sp³-hybridized carbons (Fsp3) is 0.500. The van der Waals surface area contributed by atoms with E-state index in [9.17, 15) is 22.8 Å². The van der Waals surface area contributed by atoms with Gasteiger partial charge in [-0.15, -0.1) is 10.2 Å². The first-order valence-corrected chi connectivity index (χ1v) is 11.0. The van der Waals surface area contributed by atoms with E-state index in [1.807, 2.05) is 4.90 Å². The zero-order chi connectivity index (χ0) is 24.3. The minimum atomic E-state index is -4.84. The molecule has 0 spiro atoms. The normalized spacial score (nSPS) is 16.4. The van der Waals surface area contributed by atoms with E-state index >= 15 is 0 Å². The van der Waals surface area contributed by atoms with Crippen molar-refractivity contribution in [1.29, 1.82) is 0 Å². The van der Waals surface area contributed by atoms with Gasteiger partial charge in [-0.3, -0.25) is 4.79 Å². The van der Waals surface area contributed by atoms with Crippen molar-refractivity contribution in [1.82, 2.24) is 30.4 Å². The fourth-order valence-electron chi connectivity index (χ4n) is 3.49. The smallest absolute Gasteiger partial charge is 0.390 e. The van der Waals surface area contributed by atoms with Gasteiger partial charge in [0.2, 0.25) is 11.2 Å². The van der Waals surface area contributed by atoms with Gasteiger partial charge < -0.3 is 19.9 Å². The van der Waals surface area contributed by atoms with Crippen molar-refractivity contribution in [3.63, 3.8) is 0 Å². The molecular weight excluding hydrogens is 479 g/mol. The molecule has 34 heavy (non-hydrogen) atoms. The molecule has 3 heterocycles. The van der Waals surface area contributed by atoms with Crippen molar-refractivity contribution in [2.45, 2.75) is 25.4 Å². The monoisotopic (exact) mass is 499 g/mol. The maximum absolute atomic E-state index is 13.3. The van der Waals surface area contributed by atoms with Gasteiger partial charge >= 0.3 is 12.3 Å². The summed E-state index contributed by atoms with van der Waals surface area (Å²) in [7, 11) is 0. The molecule has 4 rings (SSSR count). The summed E-state index contributed by atoms with van der Waals surface area (Å²) >= 11 is 5.48. The number of carbonyl (C=O) groups excluding carboxylic acids is 2. The predicted molar refractivity (Wildman–Crippen MR) is 114 cm³/mol. The van der Waals surface area contributed by atoms with Crippen LogP contribution < -0.4 is 15.0 Å². The summed E-state index contributed by atoms with van der Waals surface area (Å²) in [6.07, 6.45) is -1.31. The average molecular weight is 500 g/mol. The van der Waals surface area contributed by atoms with Gasteiger partial charge in [-0.1, -0.05) is 12.8 Å². The molecule has 0 unspecified atom stereocenters. The van der Waals surface area contributed by atoms with Gasteiger partial charge in [-0.25, -0.2) is 14.8 Å². The summed E-state index contributed by atoms with van der Waals surface area (Å²) in [6, 6.07) is 3.12. The molecule has 10 nitrogen and oxygen atoms in total. The van der Waals surface area contributed by atoms with Crippen molar-refractivity contribution in [3.8, 4) is 5.88 Å². The van der Waals surface area contributed by atoms with Gasteiger partial charge in [0, 0.05) is 45.0 Å². The number of halogens is 4. The van der Waals surface area contributed by atoms with Crippen LogP contribution in [0.3, 0.4) is 0 Å². The minimum absolute atomic E-state index is 0.0453. The van der Waals surface area contributed by atoms with Crippen LogP contribution >= 0.6 is 11.6 Å². The standard InChI is InChI=1S/C20H21ClF3N7O3/c21-18-26-11-13(16(27-18)20(22,23)24)17(32)31-9-7-30(8-10-31)14-3-4-15(29-28-14)34-19(33)25-6-5-12-1-2-12/h3-4,11-12H,1-2,5-10H2,(H,25,33). The van der Waals surface area contributed by atoms with Crippen molar-refractivity contribution >= 4 is 29.4 Å². The Kier molecular flexibility index (Phi) is 7.00. The molecule has 2 aliphatic rings. The van der Waals surface area contributed by atoms with E-state index in [4.69, 9.17) is 16.3 Å². The first kappa shape index (κ1) is 23.9. The third-order valence-electron chi connectivity index (χ3n) is 5.49. The molecule has 1 N–H and O–H groups in total. The fourth-order valence-corrected chi connectivity index (χ4v) is 3.63. The number of amides is 2. The molecule has 1 aliphatic carbocycles. The molecule has 2 amide bonds. The Balaban J connectivity index is 1.30. The Labute approximate surface area is 197 Å². The van der Waals surface area contributed by atoms with Gasteiger partial charge in [-0.05, 0) is 30.0 Å². The summed E-state index contributed by atoms with van der Waals surface area (Å²) in [5, 5.41) is 10.0. The Morgan fingerprint density at radius 1 is 1.15 bits per heavy atom. The molecule has 2 aromatic heterocycles. The number of ether oxygens (including phenoxy) is 1. The number of nitrogens with one attached hydrogen (secondary N) is 1. The Morgan fingerprint density at radius 3 is 2.50 bits per heavy atom. The number of rotatable bonds is 6. The summed E-state index contributed by atoms with van der Waals surface area (Å²) in [5.41, 5.74) is -2.01. The van der Waals surface area contributed by atoms with Crippen LogP contribution in [-0.4, -0.2) is 69.8 Å². The number of alkyl halides is 3. The highest BCUT2D eigenvalue weighted by Gasteiger charge is 2.39. The molecule has 2 aromatic rings. The van der Waals surface area contributed by atoms with E-state index in [0.29, 0.717) is 31.4 Å². The number of hydrogen-bond acceptors (Lipinski definition) is 8. The van der Waals surface area contributed by atoms with Crippen LogP contribution in [-0.2, 0) is 6.18 Å². The van der Waals surface area contributed by atoms with Crippen molar-refractivity contribution < 1.29 is 27.5 Å². The zero-order valence-corrected chi connectivity index (χ0v) is 18.6. The zero-order valence-electron chi connectivity index (χ0n) is 17.9. The Bertz CT molecular complexity index is 1040. The van der Waals surface area contributed by atoms with Crippen LogP contribution in [0.25, 0.3) is 0 Å². The lowest BCUT2D eigenvalue weighted by atomic mass is 10.1. The van der Waals surface area contributed by atoms with Crippen LogP contribution in [0.15, 0.2) is 18.3 Å². The van der Waals surface area contributed by atoms with Crippen LogP contribution in [0.1, 0.15) is 35.3 Å². The summed E-state index contributed by atoms with van der Waals surface area (Å²) in [4.78, 5) is 34.3. The van der Waals surface area contributed by atoms with Gasteiger partial charge in [0.15, 0.2) is 11.5 Å². The van der Waals surface area contributed by atoms with Crippen molar-refractivity contribution in [2.75, 3.05) is 37.6 Å². The summed E-state index contributed by atoms with van der Waals surface area (Å²) in [6.45, 7) is 1.49. The Morgan fingerprint density at radius 2 is 1.88 bits per heavy atom. The van der Waals surface area contributed by atoms with E-state index < -0.39 is 34.7 Å². The molecule has 14 heteroatoms. The van der Waals surface area contributed by atoms with Crippen molar-refractivity contribution in [2.24, 2.45) is 5.92 Å². The van der Waals surface area contributed by atoms with E-state index in [0.717, 1.165) is 12.6 Å². The third kappa shape index (κ3) is 6.01. The second-order valence-electron chi connectivity index (χ2n) is 7.96. The third-order valence-corrected chi connectivity index (χ3v) is 5.67. The average Bonchev–Trinajstić information content (AvgIpc) is 3.63. The van der Waals surface area contributed by atoms with Gasteiger partial charge in [-0.2, -0.15) is 13.2 Å². The predicted octanol–water partition coefficient (Wildman–Crippen LogP) is 2.79. The molecule has 0 aromatic carbocycles. The van der Waals surface area contributed by atoms with E-state index in [-0.39, 0.29) is 19.0 Å². The Hall–Kier alpha value is -3.22. The number of carbonyl (C=O) groups is 2. The molecular formula is C20H21ClF3N7O3. The number of hydrogen-bond donors (Lipinski definition) is 1. The van der Waals surface area contributed by atoms with Crippen LogP contribution in [0.5, 0.6) is 5.88 Å². The van der Waals surface area contributed by atoms with E-state index in [2.05, 4.69) is 25.5 Å². The molecule has 1 saturated heterocycles. The number of anilines is 1. The summed E-state index contributed by atoms with van der Waals surface area (Å²) in [5.74, 6) is 0.399. The topological polar surface area (TPSA) is 113 Å². The highest BCUT2D eigenvalue weighted by atomic mass is 35.5. The number of aromatic nitrogens is 4. The molecule has 182 valence electrons. The highest BCUT2D eigenvalue weighted by molar-refractivity contribution is 6.28. The van der Waals surface area contributed by atoms with E-state index in [1.54, 1.807) is 6.07 Å². The lowest BCUT2D eigenvalue weighted by molar-refractivity contribution is -0.141. The van der Waals surface area contributed by atoms with Crippen molar-refractivity contribution in [3.05, 3.63) is 34.9 Å². The van der Waals surface area contributed by atoms with Gasteiger partial charge in [0.05, 0.1) is 5.56 Å². The van der Waals surface area contributed by atoms with Crippen LogP contribution in [0.2, 0.25) is 5.28 Å². The van der Waals surface area contributed by atoms with Crippen LogP contribution in [0, 0.1) is 5.92 Å². The SMILES string of the molecule is O=C(NCCC1CC1)Oc1ccc(N2CCN(C(=O)c3cnc(Cl)nc3C(F)(F)F)CC2)nn1. The lowest BCUT2D eigenvalue weighted by Crippen LogP contribution is -2.49. The molecule has 1 saturated carbocycles.